The van der Waals surface area contributed by atoms with Crippen LogP contribution in [0, 0.1) is 0 Å². The number of nitrogens with zero attached hydrogens (tertiary/aromatic N) is 3. The number of hydrogen-bond acceptors (Lipinski definition) is 4. The summed E-state index contributed by atoms with van der Waals surface area (Å²) in [5.74, 6) is -0.720. The van der Waals surface area contributed by atoms with Crippen molar-refractivity contribution in [3.8, 4) is 0 Å². The summed E-state index contributed by atoms with van der Waals surface area (Å²) >= 11 is 5.86. The number of aromatic nitrogens is 1. The van der Waals surface area contributed by atoms with Gasteiger partial charge in [-0.1, -0.05) is 23.7 Å². The van der Waals surface area contributed by atoms with Gasteiger partial charge in [-0.3, -0.25) is 24.3 Å². The van der Waals surface area contributed by atoms with Crippen LogP contribution in [0.5, 0.6) is 0 Å². The van der Waals surface area contributed by atoms with Crippen molar-refractivity contribution >= 4 is 29.3 Å². The van der Waals surface area contributed by atoms with Gasteiger partial charge in [0.1, 0.15) is 5.69 Å². The number of rotatable bonds is 3. The van der Waals surface area contributed by atoms with E-state index in [4.69, 9.17) is 11.6 Å². The number of pyridine rings is 1. The molecule has 0 radical (unpaired) electrons. The fourth-order valence-electron chi connectivity index (χ4n) is 3.48. The van der Waals surface area contributed by atoms with Gasteiger partial charge in [-0.25, -0.2) is 0 Å². The maximum Gasteiger partial charge on any atom is 0.280 e. The van der Waals surface area contributed by atoms with E-state index in [0.717, 1.165) is 5.56 Å². The summed E-state index contributed by atoms with van der Waals surface area (Å²) in [6.45, 7) is 0.885. The Balaban J connectivity index is 1.44. The van der Waals surface area contributed by atoms with Crippen LogP contribution in [0.2, 0.25) is 5.02 Å². The highest BCUT2D eigenvalue weighted by Gasteiger charge is 2.43. The van der Waals surface area contributed by atoms with E-state index in [0.29, 0.717) is 30.1 Å². The van der Waals surface area contributed by atoms with Crippen molar-refractivity contribution in [1.82, 2.24) is 14.8 Å². The van der Waals surface area contributed by atoms with Gasteiger partial charge in [-0.15, -0.1) is 0 Å². The van der Waals surface area contributed by atoms with Crippen LogP contribution < -0.4 is 0 Å². The van der Waals surface area contributed by atoms with Crippen LogP contribution in [-0.4, -0.2) is 51.6 Å². The molecule has 0 N–H and O–H groups in total. The second kappa shape index (κ2) is 6.53. The Morgan fingerprint density at radius 2 is 1.92 bits per heavy atom. The molecule has 2 aliphatic heterocycles. The molecule has 2 aliphatic rings. The van der Waals surface area contributed by atoms with Gasteiger partial charge in [0.2, 0.25) is 5.91 Å². The van der Waals surface area contributed by atoms with Crippen molar-refractivity contribution in [1.29, 1.82) is 0 Å². The van der Waals surface area contributed by atoms with Gasteiger partial charge in [0.05, 0.1) is 18.0 Å². The van der Waals surface area contributed by atoms with Gasteiger partial charge in [0.15, 0.2) is 0 Å². The summed E-state index contributed by atoms with van der Waals surface area (Å²) in [5, 5.41) is 0.627. The van der Waals surface area contributed by atoms with Crippen LogP contribution in [-0.2, 0) is 11.2 Å². The number of hydrogen-bond donors (Lipinski definition) is 0. The van der Waals surface area contributed by atoms with Crippen molar-refractivity contribution in [3.63, 3.8) is 0 Å². The number of benzene rings is 1. The third-order valence-electron chi connectivity index (χ3n) is 4.83. The standard InChI is InChI=1S/C19H16ClN3O3/c20-13-5-3-12(4-6-13)10-16(24)22-9-7-14(11-22)23-18(25)15-2-1-8-21-17(15)19(23)26/h1-6,8,14H,7,9-11H2. The lowest BCUT2D eigenvalue weighted by molar-refractivity contribution is -0.129. The fourth-order valence-corrected chi connectivity index (χ4v) is 3.61. The summed E-state index contributed by atoms with van der Waals surface area (Å²) in [6.07, 6.45) is 2.36. The van der Waals surface area contributed by atoms with Crippen molar-refractivity contribution in [2.45, 2.75) is 18.9 Å². The molecule has 1 atom stereocenters. The number of carbonyl (C=O) groups is 3. The Bertz CT molecular complexity index is 862. The molecular formula is C19H16ClN3O3. The number of amides is 3. The zero-order valence-electron chi connectivity index (χ0n) is 13.9. The van der Waals surface area contributed by atoms with Crippen LogP contribution >= 0.6 is 11.6 Å². The average Bonchev–Trinajstić information content (AvgIpc) is 3.21. The second-order valence-electron chi connectivity index (χ2n) is 6.47. The van der Waals surface area contributed by atoms with Gasteiger partial charge >= 0.3 is 0 Å². The first-order valence-electron chi connectivity index (χ1n) is 8.39. The molecule has 1 fully saturated rings. The molecule has 6 nitrogen and oxygen atoms in total. The Hall–Kier alpha value is -2.73. The van der Waals surface area contributed by atoms with E-state index in [1.165, 1.54) is 11.1 Å². The summed E-state index contributed by atoms with van der Waals surface area (Å²) in [6, 6.07) is 10.1. The van der Waals surface area contributed by atoms with Crippen LogP contribution in [0.3, 0.4) is 0 Å². The minimum atomic E-state index is -0.373. The van der Waals surface area contributed by atoms with Gasteiger partial charge in [-0.05, 0) is 36.2 Å². The first kappa shape index (κ1) is 16.7. The average molecular weight is 370 g/mol. The van der Waals surface area contributed by atoms with Crippen LogP contribution in [0.15, 0.2) is 42.6 Å². The Kier molecular flexibility index (Phi) is 4.20. The molecule has 1 aromatic carbocycles. The van der Waals surface area contributed by atoms with E-state index in [9.17, 15) is 14.4 Å². The number of likely N-dealkylation sites (tertiary alicyclic amines) is 1. The SMILES string of the molecule is O=C(Cc1ccc(Cl)cc1)N1CCC(N2C(=O)c3cccnc3C2=O)C1. The normalized spacial score (nSPS) is 19.2. The molecule has 4 rings (SSSR count). The molecule has 0 saturated carbocycles. The smallest absolute Gasteiger partial charge is 0.280 e. The maximum atomic E-state index is 12.5. The molecule has 0 bridgehead atoms. The van der Waals surface area contributed by atoms with Crippen molar-refractivity contribution < 1.29 is 14.4 Å². The highest BCUT2D eigenvalue weighted by atomic mass is 35.5. The Labute approximate surface area is 155 Å². The molecular weight excluding hydrogens is 354 g/mol. The molecule has 7 heteroatoms. The quantitative estimate of drug-likeness (QED) is 0.777. The molecule has 3 heterocycles. The Morgan fingerprint density at radius 1 is 1.15 bits per heavy atom. The maximum absolute atomic E-state index is 12.5. The van der Waals surface area contributed by atoms with E-state index in [-0.39, 0.29) is 35.9 Å². The van der Waals surface area contributed by atoms with Crippen LogP contribution in [0.25, 0.3) is 0 Å². The van der Waals surface area contributed by atoms with E-state index in [1.54, 1.807) is 29.2 Å². The first-order valence-corrected chi connectivity index (χ1v) is 8.77. The third-order valence-corrected chi connectivity index (χ3v) is 5.08. The number of fused-ring (bicyclic) bond motifs is 1. The number of carbonyl (C=O) groups excluding carboxylic acids is 3. The number of halogens is 1. The molecule has 1 aromatic heterocycles. The van der Waals surface area contributed by atoms with Crippen LogP contribution in [0.4, 0.5) is 0 Å². The molecule has 2 aromatic rings. The highest BCUT2D eigenvalue weighted by Crippen LogP contribution is 2.27. The molecule has 132 valence electrons. The van der Waals surface area contributed by atoms with Crippen molar-refractivity contribution in [2.75, 3.05) is 13.1 Å². The predicted octanol–water partition coefficient (Wildman–Crippen LogP) is 2.17. The van der Waals surface area contributed by atoms with E-state index >= 15 is 0 Å². The summed E-state index contributed by atoms with van der Waals surface area (Å²) in [4.78, 5) is 44.6. The lowest BCUT2D eigenvalue weighted by atomic mass is 10.1. The third kappa shape index (κ3) is 2.86. The minimum Gasteiger partial charge on any atom is -0.340 e. The Morgan fingerprint density at radius 3 is 2.65 bits per heavy atom. The monoisotopic (exact) mass is 369 g/mol. The minimum absolute atomic E-state index is 0.0236. The fraction of sp³-hybridized carbons (Fsp3) is 0.263. The molecule has 0 spiro atoms. The summed E-state index contributed by atoms with van der Waals surface area (Å²) < 4.78 is 0. The van der Waals surface area contributed by atoms with Gasteiger partial charge in [-0.2, -0.15) is 0 Å². The van der Waals surface area contributed by atoms with Gasteiger partial charge in [0.25, 0.3) is 11.8 Å². The molecule has 26 heavy (non-hydrogen) atoms. The summed E-state index contributed by atoms with van der Waals surface area (Å²) in [7, 11) is 0. The highest BCUT2D eigenvalue weighted by molar-refractivity contribution is 6.30. The van der Waals surface area contributed by atoms with Crippen LogP contribution in [0.1, 0.15) is 32.8 Å². The zero-order chi connectivity index (χ0) is 18.3. The largest absolute Gasteiger partial charge is 0.340 e. The molecule has 3 amide bonds. The molecule has 1 unspecified atom stereocenters. The number of imide groups is 1. The lowest BCUT2D eigenvalue weighted by Crippen LogP contribution is -2.42. The van der Waals surface area contributed by atoms with E-state index in [2.05, 4.69) is 4.98 Å². The van der Waals surface area contributed by atoms with Crippen molar-refractivity contribution in [3.05, 3.63) is 64.4 Å². The van der Waals surface area contributed by atoms with Gasteiger partial charge in [0, 0.05) is 24.3 Å². The summed E-state index contributed by atoms with van der Waals surface area (Å²) in [5.41, 5.74) is 1.42. The first-order chi connectivity index (χ1) is 12.5. The van der Waals surface area contributed by atoms with Crippen molar-refractivity contribution in [2.24, 2.45) is 0 Å². The second-order valence-corrected chi connectivity index (χ2v) is 6.90. The topological polar surface area (TPSA) is 70.6 Å². The molecule has 0 aliphatic carbocycles. The lowest BCUT2D eigenvalue weighted by Gasteiger charge is -2.22. The van der Waals surface area contributed by atoms with Gasteiger partial charge < -0.3 is 4.90 Å². The molecule has 1 saturated heterocycles. The predicted molar refractivity (Wildman–Crippen MR) is 94.9 cm³/mol. The van der Waals surface area contributed by atoms with E-state index < -0.39 is 0 Å². The van der Waals surface area contributed by atoms with E-state index in [1.807, 2.05) is 12.1 Å². The zero-order valence-corrected chi connectivity index (χ0v) is 14.6.